The first kappa shape index (κ1) is 8.01. The molecule has 0 unspecified atom stereocenters. The second-order valence-electron chi connectivity index (χ2n) is 3.45. The van der Waals surface area contributed by atoms with Crippen molar-refractivity contribution in [2.75, 3.05) is 19.7 Å². The number of amides is 1. The van der Waals surface area contributed by atoms with Crippen LogP contribution in [-0.2, 0) is 9.53 Å². The number of carbonyl (C=O) groups excluding carboxylic acids is 1. The Labute approximate surface area is 71.7 Å². The summed E-state index contributed by atoms with van der Waals surface area (Å²) < 4.78 is 5.23. The first-order valence-electron chi connectivity index (χ1n) is 4.42. The highest BCUT2D eigenvalue weighted by Crippen LogP contribution is 2.28. The predicted octanol–water partition coefficient (Wildman–Crippen LogP) is -0.665. The van der Waals surface area contributed by atoms with Gasteiger partial charge in [0.2, 0.25) is 5.91 Å². The maximum absolute atomic E-state index is 11.3. The van der Waals surface area contributed by atoms with Crippen LogP contribution in [0.4, 0.5) is 0 Å². The Kier molecular flexibility index (Phi) is 2.02. The van der Waals surface area contributed by atoms with E-state index in [-0.39, 0.29) is 18.6 Å². The number of hydrogen-bond acceptors (Lipinski definition) is 3. The summed E-state index contributed by atoms with van der Waals surface area (Å²) in [4.78, 5) is 13.2. The molecule has 2 aliphatic rings. The minimum absolute atomic E-state index is 0.0586. The van der Waals surface area contributed by atoms with Crippen molar-refractivity contribution in [2.45, 2.75) is 25.0 Å². The first-order valence-corrected chi connectivity index (χ1v) is 4.42. The van der Waals surface area contributed by atoms with E-state index < -0.39 is 0 Å². The topological polar surface area (TPSA) is 55.6 Å². The summed E-state index contributed by atoms with van der Waals surface area (Å²) in [6, 6.07) is 0.496. The molecule has 0 bridgehead atoms. The highest BCUT2D eigenvalue weighted by Gasteiger charge is 2.36. The van der Waals surface area contributed by atoms with Gasteiger partial charge < -0.3 is 15.4 Å². The summed E-state index contributed by atoms with van der Waals surface area (Å²) in [6.45, 7) is 1.43. The lowest BCUT2D eigenvalue weighted by atomic mass is 10.2. The van der Waals surface area contributed by atoms with Gasteiger partial charge in [0.25, 0.3) is 0 Å². The van der Waals surface area contributed by atoms with Gasteiger partial charge in [-0.15, -0.1) is 0 Å². The SMILES string of the molecule is NC[C@H]1CN(C2CC2)C(=O)CO1. The van der Waals surface area contributed by atoms with Crippen LogP contribution in [0.25, 0.3) is 0 Å². The van der Waals surface area contributed by atoms with Crippen LogP contribution in [0.2, 0.25) is 0 Å². The van der Waals surface area contributed by atoms with E-state index in [0.717, 1.165) is 12.8 Å². The average molecular weight is 170 g/mol. The van der Waals surface area contributed by atoms with E-state index in [1.165, 1.54) is 0 Å². The number of nitrogens with two attached hydrogens (primary N) is 1. The summed E-state index contributed by atoms with van der Waals surface area (Å²) in [5, 5.41) is 0. The second-order valence-corrected chi connectivity index (χ2v) is 3.45. The van der Waals surface area contributed by atoms with E-state index >= 15 is 0 Å². The number of rotatable bonds is 2. The van der Waals surface area contributed by atoms with Gasteiger partial charge in [-0.1, -0.05) is 0 Å². The van der Waals surface area contributed by atoms with Crippen LogP contribution in [0.1, 0.15) is 12.8 Å². The normalized spacial score (nSPS) is 30.9. The average Bonchev–Trinajstić information content (AvgIpc) is 2.88. The molecule has 1 saturated carbocycles. The number of ether oxygens (including phenoxy) is 1. The Morgan fingerprint density at radius 1 is 1.58 bits per heavy atom. The van der Waals surface area contributed by atoms with E-state index in [4.69, 9.17) is 10.5 Å². The lowest BCUT2D eigenvalue weighted by Crippen LogP contribution is -2.49. The number of carbonyl (C=O) groups is 1. The van der Waals surface area contributed by atoms with Crippen LogP contribution in [0.3, 0.4) is 0 Å². The van der Waals surface area contributed by atoms with Gasteiger partial charge in [-0.2, -0.15) is 0 Å². The van der Waals surface area contributed by atoms with Crippen molar-refractivity contribution >= 4 is 5.91 Å². The predicted molar refractivity (Wildman–Crippen MR) is 43.5 cm³/mol. The van der Waals surface area contributed by atoms with Crippen molar-refractivity contribution in [3.8, 4) is 0 Å². The first-order chi connectivity index (χ1) is 5.81. The third-order valence-electron chi connectivity index (χ3n) is 2.41. The van der Waals surface area contributed by atoms with Crippen molar-refractivity contribution < 1.29 is 9.53 Å². The molecule has 68 valence electrons. The lowest BCUT2D eigenvalue weighted by Gasteiger charge is -2.32. The van der Waals surface area contributed by atoms with Gasteiger partial charge in [0, 0.05) is 19.1 Å². The molecule has 1 aliphatic carbocycles. The van der Waals surface area contributed by atoms with Gasteiger partial charge in [-0.05, 0) is 12.8 Å². The van der Waals surface area contributed by atoms with E-state index in [1.54, 1.807) is 0 Å². The molecule has 1 aliphatic heterocycles. The zero-order chi connectivity index (χ0) is 8.55. The minimum atomic E-state index is 0.0586. The summed E-state index contributed by atoms with van der Waals surface area (Å²) in [6.07, 6.45) is 2.37. The van der Waals surface area contributed by atoms with Crippen molar-refractivity contribution in [2.24, 2.45) is 5.73 Å². The molecule has 0 radical (unpaired) electrons. The summed E-state index contributed by atoms with van der Waals surface area (Å²) in [7, 11) is 0. The Bertz CT molecular complexity index is 191. The van der Waals surface area contributed by atoms with Crippen LogP contribution in [0.15, 0.2) is 0 Å². The molecule has 2 rings (SSSR count). The Morgan fingerprint density at radius 2 is 2.33 bits per heavy atom. The monoisotopic (exact) mass is 170 g/mol. The van der Waals surface area contributed by atoms with Crippen LogP contribution in [-0.4, -0.2) is 42.6 Å². The Balaban J connectivity index is 1.94. The molecule has 0 aromatic heterocycles. The van der Waals surface area contributed by atoms with Gasteiger partial charge in [0.05, 0.1) is 6.10 Å². The number of nitrogens with zero attached hydrogens (tertiary/aromatic N) is 1. The van der Waals surface area contributed by atoms with Gasteiger partial charge in [0.1, 0.15) is 6.61 Å². The molecule has 4 heteroatoms. The molecule has 0 aromatic carbocycles. The highest BCUT2D eigenvalue weighted by atomic mass is 16.5. The second kappa shape index (κ2) is 3.03. The molecule has 0 aromatic rings. The van der Waals surface area contributed by atoms with Gasteiger partial charge in [-0.3, -0.25) is 4.79 Å². The fourth-order valence-electron chi connectivity index (χ4n) is 1.53. The largest absolute Gasteiger partial charge is 0.365 e. The fraction of sp³-hybridized carbons (Fsp3) is 0.875. The molecule has 1 saturated heterocycles. The standard InChI is InChI=1S/C8H14N2O2/c9-3-7-4-10(6-1-2-6)8(11)5-12-7/h6-7H,1-5,9H2/t7-/m0/s1. The summed E-state index contributed by atoms with van der Waals surface area (Å²) in [5.41, 5.74) is 5.47. The lowest BCUT2D eigenvalue weighted by molar-refractivity contribution is -0.149. The smallest absolute Gasteiger partial charge is 0.248 e. The molecule has 2 N–H and O–H groups in total. The molecule has 4 nitrogen and oxygen atoms in total. The van der Waals surface area contributed by atoms with Crippen LogP contribution >= 0.6 is 0 Å². The third kappa shape index (κ3) is 1.44. The van der Waals surface area contributed by atoms with Crippen LogP contribution < -0.4 is 5.73 Å². The Hall–Kier alpha value is -0.610. The van der Waals surface area contributed by atoms with E-state index in [2.05, 4.69) is 0 Å². The van der Waals surface area contributed by atoms with Crippen LogP contribution in [0, 0.1) is 0 Å². The molecule has 2 fully saturated rings. The molecular weight excluding hydrogens is 156 g/mol. The van der Waals surface area contributed by atoms with Crippen molar-refractivity contribution in [1.29, 1.82) is 0 Å². The van der Waals surface area contributed by atoms with E-state index in [1.807, 2.05) is 4.90 Å². The zero-order valence-corrected chi connectivity index (χ0v) is 7.03. The van der Waals surface area contributed by atoms with Crippen molar-refractivity contribution in [3.63, 3.8) is 0 Å². The van der Waals surface area contributed by atoms with Crippen LogP contribution in [0.5, 0.6) is 0 Å². The third-order valence-corrected chi connectivity index (χ3v) is 2.41. The number of hydrogen-bond donors (Lipinski definition) is 1. The van der Waals surface area contributed by atoms with Crippen molar-refractivity contribution in [3.05, 3.63) is 0 Å². The van der Waals surface area contributed by atoms with E-state index in [0.29, 0.717) is 19.1 Å². The minimum Gasteiger partial charge on any atom is -0.365 e. The zero-order valence-electron chi connectivity index (χ0n) is 7.03. The molecule has 1 amide bonds. The summed E-state index contributed by atoms with van der Waals surface area (Å²) in [5.74, 6) is 0.127. The van der Waals surface area contributed by atoms with Crippen molar-refractivity contribution in [1.82, 2.24) is 4.90 Å². The van der Waals surface area contributed by atoms with Gasteiger partial charge in [0.15, 0.2) is 0 Å². The fourth-order valence-corrected chi connectivity index (χ4v) is 1.53. The summed E-state index contributed by atoms with van der Waals surface area (Å²) >= 11 is 0. The number of morpholine rings is 1. The molecule has 1 atom stereocenters. The van der Waals surface area contributed by atoms with E-state index in [9.17, 15) is 4.79 Å². The molecular formula is C8H14N2O2. The highest BCUT2D eigenvalue weighted by molar-refractivity contribution is 5.78. The molecule has 0 spiro atoms. The maximum Gasteiger partial charge on any atom is 0.248 e. The maximum atomic E-state index is 11.3. The van der Waals surface area contributed by atoms with Gasteiger partial charge >= 0.3 is 0 Å². The molecule has 12 heavy (non-hydrogen) atoms. The Morgan fingerprint density at radius 3 is 2.92 bits per heavy atom. The quantitative estimate of drug-likeness (QED) is 0.598. The molecule has 1 heterocycles. The van der Waals surface area contributed by atoms with Gasteiger partial charge in [-0.25, -0.2) is 0 Å².